The Labute approximate surface area is 162 Å². The van der Waals surface area contributed by atoms with Crippen LogP contribution in [0.5, 0.6) is 0 Å². The van der Waals surface area contributed by atoms with Crippen LogP contribution in [-0.2, 0) is 33.4 Å². The molecule has 0 radical (unpaired) electrons. The molecule has 0 saturated carbocycles. The lowest BCUT2D eigenvalue weighted by Crippen LogP contribution is -2.69. The van der Waals surface area contributed by atoms with E-state index in [0.29, 0.717) is 13.0 Å². The highest BCUT2D eigenvalue weighted by molar-refractivity contribution is 8.25. The number of nitrogens with one attached hydrogen (secondary N) is 1. The lowest BCUT2D eigenvalue weighted by atomic mass is 10.1. The van der Waals surface area contributed by atoms with Crippen molar-refractivity contribution in [2.45, 2.75) is 37.3 Å². The Morgan fingerprint density at radius 2 is 2.04 bits per heavy atom. The van der Waals surface area contributed by atoms with Gasteiger partial charge < -0.3 is 19.5 Å². The number of nitrogens with zero attached hydrogens (tertiary/aromatic N) is 1. The minimum atomic E-state index is -3.40. The zero-order chi connectivity index (χ0) is 20.6. The SMILES string of the molecule is CO[C@H]1C(=O)N2C(C(=O)OC(=O)[C@@H]3CCCN3)=C(COC(C)=O)CS(O)(O)[C@H]12. The molecule has 0 bridgehead atoms. The average Bonchev–Trinajstić information content (AvgIpc) is 3.14. The number of amides is 1. The Bertz CT molecular complexity index is 744. The van der Waals surface area contributed by atoms with Crippen LogP contribution in [0.3, 0.4) is 0 Å². The summed E-state index contributed by atoms with van der Waals surface area (Å²) in [7, 11) is -2.16. The molecular formula is C16H22N2O9S. The van der Waals surface area contributed by atoms with Gasteiger partial charge in [-0.05, 0) is 19.4 Å². The van der Waals surface area contributed by atoms with Gasteiger partial charge in [-0.2, -0.15) is 10.6 Å². The fourth-order valence-corrected chi connectivity index (χ4v) is 5.55. The molecule has 3 aliphatic heterocycles. The van der Waals surface area contributed by atoms with Crippen LogP contribution in [0.25, 0.3) is 0 Å². The maximum Gasteiger partial charge on any atom is 0.362 e. The van der Waals surface area contributed by atoms with Gasteiger partial charge >= 0.3 is 17.9 Å². The molecule has 3 heterocycles. The van der Waals surface area contributed by atoms with E-state index in [0.717, 1.165) is 18.2 Å². The highest BCUT2D eigenvalue weighted by atomic mass is 32.3. The first kappa shape index (κ1) is 20.7. The van der Waals surface area contributed by atoms with Crippen molar-refractivity contribution in [3.05, 3.63) is 11.3 Å². The molecule has 3 rings (SSSR count). The fraction of sp³-hybridized carbons (Fsp3) is 0.625. The number of carbonyl (C=O) groups excluding carboxylic acids is 4. The Morgan fingerprint density at radius 3 is 2.61 bits per heavy atom. The summed E-state index contributed by atoms with van der Waals surface area (Å²) in [6.07, 6.45) is 0.149. The second-order valence-corrected chi connectivity index (χ2v) is 8.91. The lowest BCUT2D eigenvalue weighted by molar-refractivity contribution is -0.168. The predicted octanol–water partition coefficient (Wildman–Crippen LogP) is -0.427. The minimum Gasteiger partial charge on any atom is -0.461 e. The monoisotopic (exact) mass is 418 g/mol. The van der Waals surface area contributed by atoms with Crippen LogP contribution in [0.2, 0.25) is 0 Å². The smallest absolute Gasteiger partial charge is 0.362 e. The van der Waals surface area contributed by atoms with E-state index < -0.39 is 64.3 Å². The number of ether oxygens (including phenoxy) is 3. The van der Waals surface area contributed by atoms with Gasteiger partial charge in [-0.3, -0.25) is 23.6 Å². The standard InChI is InChI=1S/C16H22N2O9S/c1-8(19)26-6-9-7-28(23,24)14-12(25-2)13(20)18(14)11(9)16(22)27-15(21)10-4-3-5-17-10/h10,12,14,17,23-24H,3-7H2,1-2H3/t10-,12-,14+/m0/s1. The van der Waals surface area contributed by atoms with Crippen molar-refractivity contribution in [2.75, 3.05) is 26.0 Å². The van der Waals surface area contributed by atoms with E-state index in [1.165, 1.54) is 7.11 Å². The summed E-state index contributed by atoms with van der Waals surface area (Å²) in [6.45, 7) is 1.32. The van der Waals surface area contributed by atoms with Gasteiger partial charge in [-0.25, -0.2) is 9.59 Å². The van der Waals surface area contributed by atoms with Gasteiger partial charge in [-0.1, -0.05) is 0 Å². The largest absolute Gasteiger partial charge is 0.461 e. The van der Waals surface area contributed by atoms with Crippen molar-refractivity contribution >= 4 is 34.4 Å². The van der Waals surface area contributed by atoms with Crippen molar-refractivity contribution in [1.82, 2.24) is 10.2 Å². The Balaban J connectivity index is 1.90. The van der Waals surface area contributed by atoms with Gasteiger partial charge in [0.2, 0.25) is 0 Å². The van der Waals surface area contributed by atoms with Crippen LogP contribution in [0.4, 0.5) is 0 Å². The molecule has 156 valence electrons. The molecule has 0 aromatic carbocycles. The molecule has 2 saturated heterocycles. The number of methoxy groups -OCH3 is 1. The van der Waals surface area contributed by atoms with Crippen molar-refractivity contribution in [1.29, 1.82) is 0 Å². The Kier molecular flexibility index (Phi) is 5.77. The summed E-state index contributed by atoms with van der Waals surface area (Å²) >= 11 is 0. The maximum atomic E-state index is 12.7. The molecule has 12 heteroatoms. The third-order valence-electron chi connectivity index (χ3n) is 4.78. The van der Waals surface area contributed by atoms with Crippen molar-refractivity contribution in [2.24, 2.45) is 0 Å². The topological polar surface area (TPSA) is 152 Å². The number of carbonyl (C=O) groups is 4. The number of hydrogen-bond acceptors (Lipinski definition) is 10. The third-order valence-corrected chi connectivity index (χ3v) is 6.78. The molecule has 0 spiro atoms. The van der Waals surface area contributed by atoms with E-state index in [2.05, 4.69) is 5.32 Å². The van der Waals surface area contributed by atoms with E-state index in [1.54, 1.807) is 0 Å². The van der Waals surface area contributed by atoms with Gasteiger partial charge in [0.1, 0.15) is 18.3 Å². The van der Waals surface area contributed by atoms with Crippen LogP contribution in [0.1, 0.15) is 19.8 Å². The molecule has 3 N–H and O–H groups in total. The number of hydrogen-bond donors (Lipinski definition) is 3. The van der Waals surface area contributed by atoms with Crippen molar-refractivity contribution in [3.8, 4) is 0 Å². The van der Waals surface area contributed by atoms with Gasteiger partial charge in [0.15, 0.2) is 11.5 Å². The van der Waals surface area contributed by atoms with Crippen LogP contribution in [0.15, 0.2) is 11.3 Å². The van der Waals surface area contributed by atoms with Crippen molar-refractivity contribution in [3.63, 3.8) is 0 Å². The first-order valence-electron chi connectivity index (χ1n) is 8.62. The average molecular weight is 418 g/mol. The zero-order valence-corrected chi connectivity index (χ0v) is 16.2. The first-order valence-corrected chi connectivity index (χ1v) is 10.4. The molecule has 0 aliphatic carbocycles. The molecule has 1 amide bonds. The molecule has 3 atom stereocenters. The zero-order valence-electron chi connectivity index (χ0n) is 15.4. The molecule has 2 fully saturated rings. The van der Waals surface area contributed by atoms with Crippen molar-refractivity contribution < 1.29 is 42.5 Å². The summed E-state index contributed by atoms with van der Waals surface area (Å²) in [5.41, 5.74) is -0.325. The summed E-state index contributed by atoms with van der Waals surface area (Å²) in [5.74, 6) is -3.63. The minimum absolute atomic E-state index is 0.00784. The third kappa shape index (κ3) is 3.65. The van der Waals surface area contributed by atoms with E-state index in [-0.39, 0.29) is 11.3 Å². The van der Waals surface area contributed by atoms with E-state index in [9.17, 15) is 28.3 Å². The Hall–Kier alpha value is -1.99. The summed E-state index contributed by atoms with van der Waals surface area (Å²) in [4.78, 5) is 49.3. The van der Waals surface area contributed by atoms with Gasteiger partial charge in [0.25, 0.3) is 5.91 Å². The highest BCUT2D eigenvalue weighted by Gasteiger charge is 2.60. The van der Waals surface area contributed by atoms with Gasteiger partial charge in [0, 0.05) is 19.6 Å². The van der Waals surface area contributed by atoms with Crippen LogP contribution in [-0.4, -0.2) is 81.4 Å². The molecule has 11 nitrogen and oxygen atoms in total. The quantitative estimate of drug-likeness (QED) is 0.305. The second-order valence-electron chi connectivity index (χ2n) is 6.71. The molecule has 0 aromatic rings. The lowest BCUT2D eigenvalue weighted by Gasteiger charge is -2.58. The number of esters is 3. The molecule has 0 aromatic heterocycles. The maximum absolute atomic E-state index is 12.7. The molecule has 28 heavy (non-hydrogen) atoms. The highest BCUT2D eigenvalue weighted by Crippen LogP contribution is 2.58. The van der Waals surface area contributed by atoms with E-state index >= 15 is 0 Å². The number of fused-ring (bicyclic) bond motifs is 1. The van der Waals surface area contributed by atoms with Gasteiger partial charge in [-0.15, -0.1) is 0 Å². The van der Waals surface area contributed by atoms with Crippen LogP contribution < -0.4 is 5.32 Å². The molecule has 3 aliphatic rings. The van der Waals surface area contributed by atoms with E-state index in [4.69, 9.17) is 14.2 Å². The fourth-order valence-electron chi connectivity index (χ4n) is 3.48. The van der Waals surface area contributed by atoms with E-state index in [1.807, 2.05) is 0 Å². The van der Waals surface area contributed by atoms with Gasteiger partial charge in [0.05, 0.1) is 5.75 Å². The van der Waals surface area contributed by atoms with Crippen LogP contribution >= 0.6 is 10.6 Å². The summed E-state index contributed by atoms with van der Waals surface area (Å²) in [5, 5.41) is 1.73. The molecular weight excluding hydrogens is 396 g/mol. The number of β-lactam (4-membered cyclic amide) rings is 1. The first-order chi connectivity index (χ1) is 13.2. The normalized spacial score (nSPS) is 29.6. The summed E-state index contributed by atoms with van der Waals surface area (Å²) < 4.78 is 35.7. The summed E-state index contributed by atoms with van der Waals surface area (Å²) in [6, 6.07) is -0.625. The Morgan fingerprint density at radius 1 is 1.32 bits per heavy atom. The van der Waals surface area contributed by atoms with Crippen LogP contribution in [0, 0.1) is 0 Å². The second kappa shape index (κ2) is 7.79. The predicted molar refractivity (Wildman–Crippen MR) is 94.9 cm³/mol. The molecule has 0 unspecified atom stereocenters. The number of rotatable bonds is 5.